The second kappa shape index (κ2) is 10.8. The second-order valence-electron chi connectivity index (χ2n) is 10.2. The third-order valence-electron chi connectivity index (χ3n) is 7.49. The molecule has 0 aliphatic heterocycles. The van der Waals surface area contributed by atoms with E-state index in [9.17, 15) is 9.59 Å². The number of carbonyl (C=O) groups excluding carboxylic acids is 2. The van der Waals surface area contributed by atoms with Gasteiger partial charge in [0, 0.05) is 43.8 Å². The van der Waals surface area contributed by atoms with Crippen LogP contribution < -0.4 is 0 Å². The van der Waals surface area contributed by atoms with Gasteiger partial charge in [0.05, 0.1) is 25.3 Å². The summed E-state index contributed by atoms with van der Waals surface area (Å²) in [6.45, 7) is 4.07. The summed E-state index contributed by atoms with van der Waals surface area (Å²) in [5, 5.41) is 4.36. The van der Waals surface area contributed by atoms with E-state index in [4.69, 9.17) is 9.47 Å². The van der Waals surface area contributed by atoms with Crippen LogP contribution in [0.1, 0.15) is 54.1 Å². The van der Waals surface area contributed by atoms with Gasteiger partial charge >= 0.3 is 11.9 Å². The second-order valence-corrected chi connectivity index (χ2v) is 10.2. The van der Waals surface area contributed by atoms with E-state index >= 15 is 0 Å². The van der Waals surface area contributed by atoms with Gasteiger partial charge in [-0.2, -0.15) is 0 Å². The van der Waals surface area contributed by atoms with Crippen molar-refractivity contribution >= 4 is 44.3 Å². The van der Waals surface area contributed by atoms with E-state index < -0.39 is 11.9 Å². The lowest BCUT2D eigenvalue weighted by Crippen LogP contribution is -2.15. The van der Waals surface area contributed by atoms with Crippen LogP contribution in [0.25, 0.3) is 32.3 Å². The maximum absolute atomic E-state index is 13.4. The van der Waals surface area contributed by atoms with Crippen molar-refractivity contribution < 1.29 is 19.1 Å². The van der Waals surface area contributed by atoms with Gasteiger partial charge in [0.25, 0.3) is 0 Å². The molecule has 0 unspecified atom stereocenters. The maximum atomic E-state index is 13.4. The molecule has 0 N–H and O–H groups in total. The number of aryl methyl sites for hydroxylation is 2. The highest BCUT2D eigenvalue weighted by Gasteiger charge is 2.31. The molecule has 4 heteroatoms. The van der Waals surface area contributed by atoms with Crippen LogP contribution in [0.5, 0.6) is 0 Å². The maximum Gasteiger partial charge on any atom is 0.339 e. The van der Waals surface area contributed by atoms with E-state index in [0.29, 0.717) is 10.8 Å². The molecule has 4 nitrogen and oxygen atoms in total. The third-order valence-corrected chi connectivity index (χ3v) is 7.49. The van der Waals surface area contributed by atoms with Crippen molar-refractivity contribution in [2.45, 2.75) is 13.8 Å². The fraction of sp³-hybridized carbons (Fsp3) is 0.105. The smallest absolute Gasteiger partial charge is 0.339 e. The quantitative estimate of drug-likeness (QED) is 0.128. The number of hydrogen-bond donors (Lipinski definition) is 0. The normalized spacial score (nSPS) is 10.7. The molecule has 7 rings (SSSR count). The number of esters is 2. The first-order valence-corrected chi connectivity index (χ1v) is 13.5. The zero-order chi connectivity index (χ0) is 29.4. The zero-order valence-corrected chi connectivity index (χ0v) is 23.7. The Labute approximate surface area is 244 Å². The first-order valence-electron chi connectivity index (χ1n) is 13.5. The Kier molecular flexibility index (Phi) is 6.83. The van der Waals surface area contributed by atoms with Gasteiger partial charge < -0.3 is 9.47 Å². The van der Waals surface area contributed by atoms with E-state index in [2.05, 4.69) is 23.7 Å². The molecule has 2 bridgehead atoms. The summed E-state index contributed by atoms with van der Waals surface area (Å²) in [6, 6.07) is 27.6. The molecule has 0 saturated heterocycles. The number of rotatable bonds is 2. The van der Waals surface area contributed by atoms with E-state index in [0.717, 1.165) is 54.9 Å². The molecule has 42 heavy (non-hydrogen) atoms. The summed E-state index contributed by atoms with van der Waals surface area (Å²) < 4.78 is 10.4. The van der Waals surface area contributed by atoms with Crippen LogP contribution in [0.4, 0.5) is 0 Å². The largest absolute Gasteiger partial charge is 0.465 e. The first kappa shape index (κ1) is 26.6. The molecule has 0 aliphatic carbocycles. The molecule has 0 spiro atoms. The Morgan fingerprint density at radius 3 is 1.24 bits per heavy atom. The summed E-state index contributed by atoms with van der Waals surface area (Å²) in [5.74, 6) is 12.0. The third kappa shape index (κ3) is 4.50. The van der Waals surface area contributed by atoms with Crippen LogP contribution in [0.3, 0.4) is 0 Å². The van der Waals surface area contributed by atoms with Gasteiger partial charge in [0.15, 0.2) is 0 Å². The summed E-state index contributed by atoms with van der Waals surface area (Å²) in [6.07, 6.45) is 0. The minimum atomic E-state index is -0.614. The van der Waals surface area contributed by atoms with Gasteiger partial charge in [-0.1, -0.05) is 83.3 Å². The lowest BCUT2D eigenvalue weighted by atomic mass is 9.80. The molecule has 0 aromatic heterocycles. The van der Waals surface area contributed by atoms with Crippen molar-refractivity contribution in [3.05, 3.63) is 129 Å². The van der Waals surface area contributed by atoms with Gasteiger partial charge in [-0.25, -0.2) is 9.59 Å². The van der Waals surface area contributed by atoms with E-state index in [1.807, 2.05) is 98.8 Å². The molecular weight excluding hydrogens is 520 g/mol. The van der Waals surface area contributed by atoms with Crippen LogP contribution in [0.2, 0.25) is 0 Å². The molecular formula is C38H26O4. The van der Waals surface area contributed by atoms with Crippen molar-refractivity contribution in [3.8, 4) is 23.7 Å². The van der Waals surface area contributed by atoms with Crippen LogP contribution in [0, 0.1) is 37.5 Å². The molecule has 0 fully saturated rings. The lowest BCUT2D eigenvalue weighted by molar-refractivity contribution is 0.0559. The molecule has 7 aromatic carbocycles. The molecule has 0 heterocycles. The highest BCUT2D eigenvalue weighted by atomic mass is 16.5. The summed E-state index contributed by atoms with van der Waals surface area (Å²) in [5.41, 5.74) is 5.83. The Hall–Kier alpha value is -5.58. The van der Waals surface area contributed by atoms with Gasteiger partial charge in [-0.3, -0.25) is 0 Å². The summed E-state index contributed by atoms with van der Waals surface area (Å²) >= 11 is 0. The number of fused-ring (bicyclic) bond motifs is 1. The first-order chi connectivity index (χ1) is 20.4. The fourth-order valence-corrected chi connectivity index (χ4v) is 5.45. The van der Waals surface area contributed by atoms with Crippen LogP contribution in [-0.2, 0) is 9.47 Å². The average molecular weight is 547 g/mol. The molecule has 0 saturated carbocycles. The predicted octanol–water partition coefficient (Wildman–Crippen LogP) is 7.57. The molecule has 0 radical (unpaired) electrons. The zero-order valence-electron chi connectivity index (χ0n) is 23.7. The van der Waals surface area contributed by atoms with Gasteiger partial charge in [0.1, 0.15) is 0 Å². The molecule has 0 amide bonds. The topological polar surface area (TPSA) is 52.6 Å². The van der Waals surface area contributed by atoms with Crippen molar-refractivity contribution in [1.29, 1.82) is 0 Å². The highest BCUT2D eigenvalue weighted by Crippen LogP contribution is 2.46. The van der Waals surface area contributed by atoms with Gasteiger partial charge in [-0.05, 0) is 61.0 Å². The van der Waals surface area contributed by atoms with Crippen molar-refractivity contribution in [2.75, 3.05) is 14.2 Å². The minimum absolute atomic E-state index is 0.174. The van der Waals surface area contributed by atoms with Crippen LogP contribution >= 0.6 is 0 Å². The highest BCUT2D eigenvalue weighted by molar-refractivity contribution is 6.38. The number of methoxy groups -OCH3 is 2. The Morgan fingerprint density at radius 1 is 0.500 bits per heavy atom. The average Bonchev–Trinajstić information content (AvgIpc) is 3.03. The number of hydrogen-bond acceptors (Lipinski definition) is 4. The predicted molar refractivity (Wildman–Crippen MR) is 167 cm³/mol. The minimum Gasteiger partial charge on any atom is -0.465 e. The van der Waals surface area contributed by atoms with Crippen molar-refractivity contribution in [2.24, 2.45) is 0 Å². The summed E-state index contributed by atoms with van der Waals surface area (Å²) in [4.78, 5) is 26.7. The van der Waals surface area contributed by atoms with Gasteiger partial charge in [0.2, 0.25) is 0 Å². The van der Waals surface area contributed by atoms with Crippen LogP contribution in [0.15, 0.2) is 84.9 Å². The van der Waals surface area contributed by atoms with E-state index in [1.165, 1.54) is 14.2 Å². The Morgan fingerprint density at radius 2 is 0.881 bits per heavy atom. The monoisotopic (exact) mass is 546 g/mol. The van der Waals surface area contributed by atoms with Crippen LogP contribution in [-0.4, -0.2) is 26.2 Å². The molecule has 202 valence electrons. The molecule has 7 aromatic rings. The summed E-state index contributed by atoms with van der Waals surface area (Å²) in [7, 11) is 2.62. The molecule has 0 atom stereocenters. The number of ether oxygens (including phenoxy) is 2. The Balaban J connectivity index is 1.78. The number of carbonyl (C=O) groups is 2. The van der Waals surface area contributed by atoms with Gasteiger partial charge in [-0.15, -0.1) is 0 Å². The van der Waals surface area contributed by atoms with E-state index in [-0.39, 0.29) is 11.1 Å². The lowest BCUT2D eigenvalue weighted by Gasteiger charge is -2.22. The Bertz CT molecular complexity index is 1990. The van der Waals surface area contributed by atoms with Crippen molar-refractivity contribution in [1.82, 2.24) is 0 Å². The molecule has 0 aliphatic rings. The van der Waals surface area contributed by atoms with E-state index in [1.54, 1.807) is 0 Å². The number of benzene rings is 7. The SMILES string of the molecule is COC(=O)c1c(C(=O)OC)c2c3ccccc3c1c1c(C#Cc3ccc(C)cc3)ccc(C#Cc3ccc(C)cc3)c21. The van der Waals surface area contributed by atoms with Crippen molar-refractivity contribution in [3.63, 3.8) is 0 Å². The fourth-order valence-electron chi connectivity index (χ4n) is 5.45. The standard InChI is InChI=1S/C38H26O4/c1-23-9-13-25(14-10-23)17-19-27-21-22-28(20-18-26-15-11-24(2)12-16-26)32-31(27)33-29-7-5-6-8-30(29)34(32)36(38(40)42-4)35(33)37(39)41-3/h5-16,21-22H,1-4H3.